The van der Waals surface area contributed by atoms with Crippen LogP contribution in [0.5, 0.6) is 0 Å². The summed E-state index contributed by atoms with van der Waals surface area (Å²) in [5, 5.41) is 5.99. The van der Waals surface area contributed by atoms with E-state index in [0.717, 1.165) is 21.0 Å². The Hall–Kier alpha value is -2.48. The Morgan fingerprint density at radius 1 is 1.03 bits per heavy atom. The summed E-state index contributed by atoms with van der Waals surface area (Å²) in [5.74, 6) is -0.355. The van der Waals surface area contributed by atoms with Crippen molar-refractivity contribution in [3.63, 3.8) is 0 Å². The summed E-state index contributed by atoms with van der Waals surface area (Å²) in [4.78, 5) is 16.9. The van der Waals surface area contributed by atoms with E-state index < -0.39 is 9.84 Å². The fourth-order valence-corrected chi connectivity index (χ4v) is 5.53. The lowest BCUT2D eigenvalue weighted by atomic mass is 10.1. The fourth-order valence-electron chi connectivity index (χ4n) is 3.07. The molecule has 0 aliphatic rings. The number of nitrogens with one attached hydrogen (secondary N) is 1. The summed E-state index contributed by atoms with van der Waals surface area (Å²) in [6, 6.07) is 18.0. The van der Waals surface area contributed by atoms with Gasteiger partial charge in [-0.2, -0.15) is 0 Å². The molecular formula is C21H17ClN2O3S2. The summed E-state index contributed by atoms with van der Waals surface area (Å²) in [7, 11) is -3.44. The highest BCUT2D eigenvalue weighted by molar-refractivity contribution is 7.91. The Bertz CT molecular complexity index is 1300. The second-order valence-electron chi connectivity index (χ2n) is 6.58. The largest absolute Gasteiger partial charge is 0.302 e. The van der Waals surface area contributed by atoms with E-state index in [-0.39, 0.29) is 29.4 Å². The number of rotatable bonds is 6. The van der Waals surface area contributed by atoms with Crippen molar-refractivity contribution in [3.8, 4) is 0 Å². The average molecular weight is 445 g/mol. The molecule has 0 radical (unpaired) electrons. The second kappa shape index (κ2) is 8.10. The van der Waals surface area contributed by atoms with E-state index in [9.17, 15) is 13.2 Å². The molecular weight excluding hydrogens is 428 g/mol. The zero-order valence-corrected chi connectivity index (χ0v) is 17.7. The predicted molar refractivity (Wildman–Crippen MR) is 118 cm³/mol. The molecule has 0 saturated heterocycles. The van der Waals surface area contributed by atoms with Gasteiger partial charge in [-0.05, 0) is 42.1 Å². The first-order valence-corrected chi connectivity index (χ1v) is 11.8. The summed E-state index contributed by atoms with van der Waals surface area (Å²) in [5.41, 5.74) is 0.828. The molecule has 1 heterocycles. The van der Waals surface area contributed by atoms with Gasteiger partial charge in [-0.15, -0.1) is 0 Å². The number of carbonyl (C=O) groups is 1. The van der Waals surface area contributed by atoms with Crippen molar-refractivity contribution in [1.82, 2.24) is 4.98 Å². The quantitative estimate of drug-likeness (QED) is 0.438. The number of fused-ring (bicyclic) bond motifs is 3. The van der Waals surface area contributed by atoms with Crippen molar-refractivity contribution in [1.29, 1.82) is 0 Å². The van der Waals surface area contributed by atoms with Crippen LogP contribution in [0, 0.1) is 0 Å². The Morgan fingerprint density at radius 2 is 1.79 bits per heavy atom. The highest BCUT2D eigenvalue weighted by Gasteiger charge is 2.16. The third-order valence-electron chi connectivity index (χ3n) is 4.52. The van der Waals surface area contributed by atoms with E-state index in [1.165, 1.54) is 35.6 Å². The average Bonchev–Trinajstić information content (AvgIpc) is 3.11. The first kappa shape index (κ1) is 19.8. The number of benzene rings is 3. The molecule has 1 N–H and O–H groups in total. The standard InChI is InChI=1S/C21H17ClN2O3S2/c22-15-8-10-16(11-9-15)29(26,27)13-3-6-19(25)24-21-23-18-12-7-14-4-1-2-5-17(14)20(18)28-21/h1-2,4-5,7-12H,3,6,13H2,(H,23,24,25). The summed E-state index contributed by atoms with van der Waals surface area (Å²) >= 11 is 7.21. The van der Waals surface area contributed by atoms with Gasteiger partial charge in [-0.25, -0.2) is 13.4 Å². The molecule has 0 unspecified atom stereocenters. The first-order valence-electron chi connectivity index (χ1n) is 8.99. The third-order valence-corrected chi connectivity index (χ3v) is 7.60. The summed E-state index contributed by atoms with van der Waals surface area (Å²) in [6.07, 6.45) is 0.327. The van der Waals surface area contributed by atoms with Gasteiger partial charge in [-0.1, -0.05) is 53.3 Å². The normalized spacial score (nSPS) is 11.8. The molecule has 4 aromatic rings. The molecule has 0 aliphatic heterocycles. The molecule has 4 rings (SSSR count). The van der Waals surface area contributed by atoms with Gasteiger partial charge >= 0.3 is 0 Å². The smallest absolute Gasteiger partial charge is 0.226 e. The minimum absolute atomic E-state index is 0.101. The molecule has 0 aliphatic carbocycles. The van der Waals surface area contributed by atoms with Gasteiger partial charge < -0.3 is 5.32 Å². The van der Waals surface area contributed by atoms with Crippen LogP contribution in [0.3, 0.4) is 0 Å². The second-order valence-corrected chi connectivity index (χ2v) is 10.1. The van der Waals surface area contributed by atoms with Gasteiger partial charge in [0.25, 0.3) is 0 Å². The number of hydrogen-bond acceptors (Lipinski definition) is 5. The lowest BCUT2D eigenvalue weighted by Crippen LogP contribution is -2.14. The molecule has 0 atom stereocenters. The van der Waals surface area contributed by atoms with Crippen LogP contribution in [0.25, 0.3) is 21.0 Å². The molecule has 0 saturated carbocycles. The monoisotopic (exact) mass is 444 g/mol. The zero-order chi connectivity index (χ0) is 20.4. The number of hydrogen-bond donors (Lipinski definition) is 1. The SMILES string of the molecule is O=C(CCCS(=O)(=O)c1ccc(Cl)cc1)Nc1nc2ccc3ccccc3c2s1. The number of carbonyl (C=O) groups excluding carboxylic acids is 1. The van der Waals surface area contributed by atoms with Crippen molar-refractivity contribution >= 4 is 64.8 Å². The predicted octanol–water partition coefficient (Wildman–Crippen LogP) is 5.30. The van der Waals surface area contributed by atoms with Gasteiger partial charge in [-0.3, -0.25) is 4.79 Å². The highest BCUT2D eigenvalue weighted by Crippen LogP contribution is 2.32. The highest BCUT2D eigenvalue weighted by atomic mass is 35.5. The van der Waals surface area contributed by atoms with Crippen molar-refractivity contribution in [2.45, 2.75) is 17.7 Å². The van der Waals surface area contributed by atoms with Gasteiger partial charge in [0.15, 0.2) is 15.0 Å². The van der Waals surface area contributed by atoms with Crippen LogP contribution in [0.1, 0.15) is 12.8 Å². The molecule has 0 spiro atoms. The molecule has 1 aromatic heterocycles. The van der Waals surface area contributed by atoms with Crippen molar-refractivity contribution < 1.29 is 13.2 Å². The lowest BCUT2D eigenvalue weighted by molar-refractivity contribution is -0.116. The first-order chi connectivity index (χ1) is 13.9. The van der Waals surface area contributed by atoms with Gasteiger partial charge in [0.2, 0.25) is 5.91 Å². The van der Waals surface area contributed by atoms with E-state index in [1.54, 1.807) is 0 Å². The Morgan fingerprint density at radius 3 is 2.59 bits per heavy atom. The molecule has 29 heavy (non-hydrogen) atoms. The van der Waals surface area contributed by atoms with E-state index >= 15 is 0 Å². The molecule has 0 bridgehead atoms. The number of anilines is 1. The van der Waals surface area contributed by atoms with Crippen LogP contribution in [-0.2, 0) is 14.6 Å². The van der Waals surface area contributed by atoms with E-state index in [4.69, 9.17) is 11.6 Å². The number of aromatic nitrogens is 1. The summed E-state index contributed by atoms with van der Waals surface area (Å²) in [6.45, 7) is 0. The van der Waals surface area contributed by atoms with Crippen molar-refractivity contribution in [3.05, 3.63) is 65.7 Å². The fraction of sp³-hybridized carbons (Fsp3) is 0.143. The molecule has 8 heteroatoms. The zero-order valence-electron chi connectivity index (χ0n) is 15.3. The van der Waals surface area contributed by atoms with Gasteiger partial charge in [0, 0.05) is 16.8 Å². The van der Waals surface area contributed by atoms with Crippen molar-refractivity contribution in [2.24, 2.45) is 0 Å². The topological polar surface area (TPSA) is 76.1 Å². The van der Waals surface area contributed by atoms with E-state index in [2.05, 4.69) is 10.3 Å². The maximum atomic E-state index is 12.3. The van der Waals surface area contributed by atoms with Crippen LogP contribution < -0.4 is 5.32 Å². The number of nitrogens with zero attached hydrogens (tertiary/aromatic N) is 1. The Kier molecular flexibility index (Phi) is 5.54. The maximum Gasteiger partial charge on any atom is 0.226 e. The Labute approximate surface area is 177 Å². The maximum absolute atomic E-state index is 12.3. The van der Waals surface area contributed by atoms with Crippen LogP contribution >= 0.6 is 22.9 Å². The van der Waals surface area contributed by atoms with Crippen molar-refractivity contribution in [2.75, 3.05) is 11.1 Å². The van der Waals surface area contributed by atoms with Crippen LogP contribution in [0.2, 0.25) is 5.02 Å². The Balaban J connectivity index is 1.40. The molecule has 5 nitrogen and oxygen atoms in total. The van der Waals surface area contributed by atoms with Gasteiger partial charge in [0.05, 0.1) is 20.9 Å². The van der Waals surface area contributed by atoms with Crippen LogP contribution in [0.15, 0.2) is 65.6 Å². The molecule has 3 aromatic carbocycles. The number of thiazole rings is 1. The molecule has 0 fully saturated rings. The molecule has 1 amide bonds. The minimum atomic E-state index is -3.44. The lowest BCUT2D eigenvalue weighted by Gasteiger charge is -2.05. The van der Waals surface area contributed by atoms with Crippen LogP contribution in [0.4, 0.5) is 5.13 Å². The van der Waals surface area contributed by atoms with Gasteiger partial charge in [0.1, 0.15) is 0 Å². The number of amides is 1. The molecule has 148 valence electrons. The van der Waals surface area contributed by atoms with Crippen LogP contribution in [-0.4, -0.2) is 25.1 Å². The summed E-state index contributed by atoms with van der Waals surface area (Å²) < 4.78 is 25.7. The van der Waals surface area contributed by atoms with E-state index in [1.807, 2.05) is 36.4 Å². The third kappa shape index (κ3) is 4.42. The minimum Gasteiger partial charge on any atom is -0.302 e. The van der Waals surface area contributed by atoms with E-state index in [0.29, 0.717) is 10.2 Å². The number of halogens is 1. The number of sulfone groups is 1.